The fourth-order valence-corrected chi connectivity index (χ4v) is 4.72. The number of aromatic carboxylic acids is 1. The van der Waals surface area contributed by atoms with Crippen LogP contribution in [0.3, 0.4) is 0 Å². The van der Waals surface area contributed by atoms with Crippen LogP contribution in [0.15, 0.2) is 58.8 Å². The Kier molecular flexibility index (Phi) is 4.84. The van der Waals surface area contributed by atoms with E-state index in [1.807, 2.05) is 38.1 Å². The molecule has 26 heavy (non-hydrogen) atoms. The Bertz CT molecular complexity index is 1060. The second kappa shape index (κ2) is 6.93. The van der Waals surface area contributed by atoms with Crippen molar-refractivity contribution in [2.24, 2.45) is 0 Å². The highest BCUT2D eigenvalue weighted by atomic mass is 32.2. The van der Waals surface area contributed by atoms with Crippen molar-refractivity contribution >= 4 is 33.0 Å². The van der Waals surface area contributed by atoms with E-state index in [-0.39, 0.29) is 15.5 Å². The van der Waals surface area contributed by atoms with Gasteiger partial charge in [-0.2, -0.15) is 0 Å². The summed E-state index contributed by atoms with van der Waals surface area (Å²) in [6.45, 7) is 3.96. The molecule has 1 aromatic heterocycles. The van der Waals surface area contributed by atoms with E-state index in [0.29, 0.717) is 0 Å². The average Bonchev–Trinajstić information content (AvgIpc) is 3.03. The van der Waals surface area contributed by atoms with Gasteiger partial charge in [0.15, 0.2) is 0 Å². The maximum absolute atomic E-state index is 12.7. The van der Waals surface area contributed by atoms with Gasteiger partial charge >= 0.3 is 5.97 Å². The lowest BCUT2D eigenvalue weighted by Gasteiger charge is -2.12. The number of carbonyl (C=O) groups is 1. The number of carboxylic acid groups (broad SMARTS) is 1. The van der Waals surface area contributed by atoms with Crippen LogP contribution in [-0.2, 0) is 10.0 Å². The highest BCUT2D eigenvalue weighted by Crippen LogP contribution is 2.30. The molecule has 1 heterocycles. The van der Waals surface area contributed by atoms with Crippen molar-refractivity contribution in [2.75, 3.05) is 4.72 Å². The van der Waals surface area contributed by atoms with Crippen LogP contribution in [-0.4, -0.2) is 19.5 Å². The molecule has 0 saturated heterocycles. The fourth-order valence-electron chi connectivity index (χ4n) is 2.85. The minimum absolute atomic E-state index is 0.0422. The first kappa shape index (κ1) is 18.2. The molecule has 0 aliphatic heterocycles. The monoisotopic (exact) mass is 387 g/mol. The highest BCUT2D eigenvalue weighted by molar-refractivity contribution is 7.92. The Hall–Kier alpha value is -2.64. The lowest BCUT2D eigenvalue weighted by Crippen LogP contribution is -2.14. The molecule has 0 bridgehead atoms. The van der Waals surface area contributed by atoms with Gasteiger partial charge in [-0.25, -0.2) is 13.2 Å². The molecule has 2 N–H and O–H groups in total. The first-order valence-corrected chi connectivity index (χ1v) is 10.2. The molecule has 5 nitrogen and oxygen atoms in total. The normalized spacial score (nSPS) is 11.3. The van der Waals surface area contributed by atoms with Gasteiger partial charge in [0.25, 0.3) is 10.0 Å². The number of nitrogens with one attached hydrogen (secondary N) is 1. The number of hydrogen-bond donors (Lipinski definition) is 2. The Balaban J connectivity index is 2.02. The summed E-state index contributed by atoms with van der Waals surface area (Å²) in [7, 11) is -3.90. The van der Waals surface area contributed by atoms with Crippen LogP contribution >= 0.6 is 11.3 Å². The number of thiophene rings is 1. The zero-order chi connectivity index (χ0) is 18.9. The van der Waals surface area contributed by atoms with Gasteiger partial charge in [0.05, 0.1) is 10.6 Å². The first-order valence-electron chi connectivity index (χ1n) is 7.80. The molecule has 3 rings (SSSR count). The van der Waals surface area contributed by atoms with Crippen LogP contribution in [0.2, 0.25) is 0 Å². The van der Waals surface area contributed by atoms with E-state index in [9.17, 15) is 13.2 Å². The third kappa shape index (κ3) is 3.49. The average molecular weight is 387 g/mol. The van der Waals surface area contributed by atoms with E-state index >= 15 is 0 Å². The predicted octanol–water partition coefficient (Wildman–Crippen LogP) is 4.53. The van der Waals surface area contributed by atoms with Crippen LogP contribution in [0.4, 0.5) is 5.69 Å². The van der Waals surface area contributed by atoms with Gasteiger partial charge in [0.2, 0.25) is 0 Å². The molecule has 0 saturated carbocycles. The molecule has 3 aromatic rings. The van der Waals surface area contributed by atoms with Crippen molar-refractivity contribution in [1.29, 1.82) is 0 Å². The molecule has 0 unspecified atom stereocenters. The predicted molar refractivity (Wildman–Crippen MR) is 103 cm³/mol. The Morgan fingerprint density at radius 1 is 1.04 bits per heavy atom. The Morgan fingerprint density at radius 3 is 2.35 bits per heavy atom. The minimum atomic E-state index is -3.90. The minimum Gasteiger partial charge on any atom is -0.477 e. The van der Waals surface area contributed by atoms with Gasteiger partial charge in [0.1, 0.15) is 4.88 Å². The quantitative estimate of drug-likeness (QED) is 0.674. The van der Waals surface area contributed by atoms with Crippen molar-refractivity contribution in [1.82, 2.24) is 0 Å². The summed E-state index contributed by atoms with van der Waals surface area (Å²) in [4.78, 5) is 11.2. The van der Waals surface area contributed by atoms with E-state index in [0.717, 1.165) is 33.6 Å². The maximum Gasteiger partial charge on any atom is 0.348 e. The van der Waals surface area contributed by atoms with E-state index in [1.165, 1.54) is 17.5 Å². The van der Waals surface area contributed by atoms with E-state index in [4.69, 9.17) is 5.11 Å². The topological polar surface area (TPSA) is 83.5 Å². The van der Waals surface area contributed by atoms with Crippen molar-refractivity contribution in [2.45, 2.75) is 18.7 Å². The third-order valence-corrected chi connectivity index (χ3v) is 6.28. The Labute approximate surface area is 156 Å². The summed E-state index contributed by atoms with van der Waals surface area (Å²) in [6, 6.07) is 14.0. The van der Waals surface area contributed by atoms with Crippen molar-refractivity contribution in [3.8, 4) is 11.1 Å². The fraction of sp³-hybridized carbons (Fsp3) is 0.105. The summed E-state index contributed by atoms with van der Waals surface area (Å²) in [6.07, 6.45) is 0. The lowest BCUT2D eigenvalue weighted by molar-refractivity contribution is 0.0703. The molecule has 0 aliphatic carbocycles. The standard InChI is InChI=1S/C19H17NO4S2/c1-12-5-3-6-13(2)17(12)14-7-4-8-15(11-14)26(23,24)20-16-9-10-25-18(16)19(21)22/h3-11,20H,1-2H3,(H,21,22). The molecule has 0 aliphatic rings. The van der Waals surface area contributed by atoms with Gasteiger partial charge in [-0.05, 0) is 59.7 Å². The largest absolute Gasteiger partial charge is 0.477 e. The summed E-state index contributed by atoms with van der Waals surface area (Å²) < 4.78 is 27.8. The number of anilines is 1. The van der Waals surface area contributed by atoms with Gasteiger partial charge in [-0.1, -0.05) is 30.3 Å². The molecule has 0 spiro atoms. The molecule has 134 valence electrons. The van der Waals surface area contributed by atoms with Crippen LogP contribution in [0.5, 0.6) is 0 Å². The van der Waals surface area contributed by atoms with E-state index in [2.05, 4.69) is 4.72 Å². The van der Waals surface area contributed by atoms with Crippen LogP contribution in [0, 0.1) is 13.8 Å². The number of aryl methyl sites for hydroxylation is 2. The van der Waals surface area contributed by atoms with Gasteiger partial charge in [-0.15, -0.1) is 11.3 Å². The summed E-state index contributed by atoms with van der Waals surface area (Å²) in [5.41, 5.74) is 3.97. The molecule has 0 fully saturated rings. The van der Waals surface area contributed by atoms with Gasteiger partial charge in [0, 0.05) is 0 Å². The van der Waals surface area contributed by atoms with Crippen LogP contribution in [0.1, 0.15) is 20.8 Å². The number of carboxylic acids is 1. The summed E-state index contributed by atoms with van der Waals surface area (Å²) in [5.74, 6) is -1.16. The third-order valence-electron chi connectivity index (χ3n) is 4.02. The van der Waals surface area contributed by atoms with Gasteiger partial charge in [-0.3, -0.25) is 4.72 Å². The van der Waals surface area contributed by atoms with E-state index < -0.39 is 16.0 Å². The molecule has 0 amide bonds. The van der Waals surface area contributed by atoms with Crippen molar-refractivity contribution in [3.05, 3.63) is 69.9 Å². The molecular weight excluding hydrogens is 370 g/mol. The van der Waals surface area contributed by atoms with Crippen molar-refractivity contribution < 1.29 is 18.3 Å². The molecular formula is C19H17NO4S2. The van der Waals surface area contributed by atoms with Crippen LogP contribution in [0.25, 0.3) is 11.1 Å². The first-order chi connectivity index (χ1) is 12.3. The van der Waals surface area contributed by atoms with E-state index in [1.54, 1.807) is 12.1 Å². The highest BCUT2D eigenvalue weighted by Gasteiger charge is 2.20. The number of sulfonamides is 1. The Morgan fingerprint density at radius 2 is 1.69 bits per heavy atom. The number of rotatable bonds is 5. The number of benzene rings is 2. The van der Waals surface area contributed by atoms with Crippen molar-refractivity contribution in [3.63, 3.8) is 0 Å². The molecule has 2 aromatic carbocycles. The number of hydrogen-bond acceptors (Lipinski definition) is 4. The zero-order valence-corrected chi connectivity index (χ0v) is 15.8. The SMILES string of the molecule is Cc1cccc(C)c1-c1cccc(S(=O)(=O)Nc2ccsc2C(=O)O)c1. The molecule has 0 radical (unpaired) electrons. The second-order valence-electron chi connectivity index (χ2n) is 5.87. The molecule has 7 heteroatoms. The summed E-state index contributed by atoms with van der Waals surface area (Å²) in [5, 5.41) is 10.7. The van der Waals surface area contributed by atoms with Gasteiger partial charge < -0.3 is 5.11 Å². The smallest absolute Gasteiger partial charge is 0.348 e. The summed E-state index contributed by atoms with van der Waals surface area (Å²) >= 11 is 0.971. The van der Waals surface area contributed by atoms with Crippen LogP contribution < -0.4 is 4.72 Å². The maximum atomic E-state index is 12.7. The lowest BCUT2D eigenvalue weighted by atomic mass is 9.96. The second-order valence-corrected chi connectivity index (χ2v) is 8.47. The molecule has 0 atom stereocenters. The zero-order valence-electron chi connectivity index (χ0n) is 14.2.